The summed E-state index contributed by atoms with van der Waals surface area (Å²) in [5.74, 6) is -0.371. The molecule has 26 heavy (non-hydrogen) atoms. The van der Waals surface area contributed by atoms with Gasteiger partial charge in [-0.05, 0) is 46.9 Å². The zero-order valence-corrected chi connectivity index (χ0v) is 14.0. The van der Waals surface area contributed by atoms with Crippen molar-refractivity contribution in [1.29, 1.82) is 0 Å². The summed E-state index contributed by atoms with van der Waals surface area (Å²) in [7, 11) is 0. The Hall–Kier alpha value is -2.75. The van der Waals surface area contributed by atoms with Crippen molar-refractivity contribution in [1.82, 2.24) is 4.90 Å². The maximum atomic E-state index is 13.2. The fourth-order valence-corrected chi connectivity index (χ4v) is 5.69. The van der Waals surface area contributed by atoms with Crippen LogP contribution in [0.2, 0.25) is 0 Å². The molecule has 4 heteroatoms. The molecule has 2 saturated carbocycles. The van der Waals surface area contributed by atoms with Crippen LogP contribution in [0.25, 0.3) is 10.8 Å². The van der Waals surface area contributed by atoms with E-state index in [0.29, 0.717) is 17.4 Å². The molecule has 2 aromatic rings. The predicted molar refractivity (Wildman–Crippen MR) is 94.8 cm³/mol. The Bertz CT molecular complexity index is 997. The van der Waals surface area contributed by atoms with Gasteiger partial charge in [0.15, 0.2) is 0 Å². The number of carbonyl (C=O) groups excluding carboxylic acids is 3. The van der Waals surface area contributed by atoms with Gasteiger partial charge in [0.25, 0.3) is 5.91 Å². The topological polar surface area (TPSA) is 54.5 Å². The quantitative estimate of drug-likeness (QED) is 0.591. The molecule has 1 aliphatic heterocycles. The highest BCUT2D eigenvalue weighted by atomic mass is 16.2. The Morgan fingerprint density at radius 1 is 0.846 bits per heavy atom. The number of hydrogen-bond acceptors (Lipinski definition) is 3. The molecule has 2 bridgehead atoms. The van der Waals surface area contributed by atoms with Gasteiger partial charge in [-0.15, -0.1) is 0 Å². The zero-order chi connectivity index (χ0) is 17.6. The number of rotatable bonds is 1. The number of amides is 3. The second-order valence-electron chi connectivity index (χ2n) is 8.00. The van der Waals surface area contributed by atoms with E-state index in [0.717, 1.165) is 22.1 Å². The van der Waals surface area contributed by atoms with Crippen LogP contribution in [0.4, 0.5) is 0 Å². The first-order valence-electron chi connectivity index (χ1n) is 9.25. The summed E-state index contributed by atoms with van der Waals surface area (Å²) in [6, 6.07) is 13.0. The van der Waals surface area contributed by atoms with Crippen molar-refractivity contribution in [2.45, 2.75) is 6.42 Å². The van der Waals surface area contributed by atoms with Crippen LogP contribution in [0, 0.1) is 35.5 Å². The summed E-state index contributed by atoms with van der Waals surface area (Å²) in [4.78, 5) is 40.4. The summed E-state index contributed by atoms with van der Waals surface area (Å²) < 4.78 is 0. The average Bonchev–Trinajstić information content (AvgIpc) is 3.45. The minimum Gasteiger partial charge on any atom is -0.274 e. The number of hydrogen-bond donors (Lipinski definition) is 0. The number of nitrogens with zero attached hydrogens (tertiary/aromatic N) is 1. The lowest BCUT2D eigenvalue weighted by Gasteiger charge is -2.37. The number of fused-ring (bicyclic) bond motifs is 1. The molecular weight excluding hydrogens is 326 g/mol. The molecule has 1 saturated heterocycles. The minimum atomic E-state index is -0.473. The number of carbonyl (C=O) groups is 3. The number of likely N-dealkylation sites (tertiary alicyclic amines) is 1. The monoisotopic (exact) mass is 343 g/mol. The van der Waals surface area contributed by atoms with E-state index >= 15 is 0 Å². The van der Waals surface area contributed by atoms with Crippen LogP contribution in [0.5, 0.6) is 0 Å². The highest BCUT2D eigenvalue weighted by Crippen LogP contribution is 2.65. The molecule has 4 aliphatic carbocycles. The van der Waals surface area contributed by atoms with E-state index in [4.69, 9.17) is 0 Å². The maximum absolute atomic E-state index is 13.2. The molecule has 4 nitrogen and oxygen atoms in total. The highest BCUT2D eigenvalue weighted by molar-refractivity contribution is 6.24. The first-order valence-corrected chi connectivity index (χ1v) is 9.25. The lowest BCUT2D eigenvalue weighted by molar-refractivity contribution is -0.136. The third-order valence-electron chi connectivity index (χ3n) is 6.89. The van der Waals surface area contributed by atoms with Gasteiger partial charge in [0.2, 0.25) is 11.8 Å². The van der Waals surface area contributed by atoms with Crippen LogP contribution in [-0.4, -0.2) is 22.6 Å². The molecular formula is C22H17NO3. The molecule has 0 radical (unpaired) electrons. The third kappa shape index (κ3) is 1.62. The SMILES string of the molecule is O=C(c1cccc2ccccc12)N1C(=O)[C@@H]2[C@H]3C=C[C@@H]([C@@H]4C[C@@H]34)[C@@H]2C1=O. The first kappa shape index (κ1) is 14.4. The predicted octanol–water partition coefficient (Wildman–Crippen LogP) is 3.03. The molecule has 2 aromatic carbocycles. The fourth-order valence-electron chi connectivity index (χ4n) is 5.69. The van der Waals surface area contributed by atoms with Gasteiger partial charge in [0.05, 0.1) is 11.8 Å². The van der Waals surface area contributed by atoms with Crippen LogP contribution in [0.3, 0.4) is 0 Å². The molecule has 5 aliphatic rings. The normalized spacial score (nSPS) is 36.4. The van der Waals surface area contributed by atoms with Gasteiger partial charge in [-0.3, -0.25) is 14.4 Å². The number of allylic oxidation sites excluding steroid dienone is 2. The van der Waals surface area contributed by atoms with E-state index in [9.17, 15) is 14.4 Å². The lowest BCUT2D eigenvalue weighted by Crippen LogP contribution is -2.40. The molecule has 7 rings (SSSR count). The summed E-state index contributed by atoms with van der Waals surface area (Å²) in [5.41, 5.74) is 0.425. The molecule has 128 valence electrons. The molecule has 0 unspecified atom stereocenters. The summed E-state index contributed by atoms with van der Waals surface area (Å²) in [5, 5.41) is 1.71. The van der Waals surface area contributed by atoms with E-state index in [1.165, 1.54) is 0 Å². The van der Waals surface area contributed by atoms with E-state index < -0.39 is 5.91 Å². The fraction of sp³-hybridized carbons (Fsp3) is 0.318. The summed E-state index contributed by atoms with van der Waals surface area (Å²) >= 11 is 0. The van der Waals surface area contributed by atoms with E-state index in [2.05, 4.69) is 12.2 Å². The maximum Gasteiger partial charge on any atom is 0.267 e. The number of imide groups is 3. The molecule has 0 N–H and O–H groups in total. The van der Waals surface area contributed by atoms with E-state index in [-0.39, 0.29) is 35.5 Å². The largest absolute Gasteiger partial charge is 0.274 e. The van der Waals surface area contributed by atoms with Crippen LogP contribution in [0.15, 0.2) is 54.6 Å². The highest BCUT2D eigenvalue weighted by Gasteiger charge is 2.67. The van der Waals surface area contributed by atoms with Gasteiger partial charge in [0.1, 0.15) is 0 Å². The van der Waals surface area contributed by atoms with Crippen molar-refractivity contribution in [2.75, 3.05) is 0 Å². The van der Waals surface area contributed by atoms with Gasteiger partial charge in [-0.25, -0.2) is 4.90 Å². The Balaban J connectivity index is 1.44. The van der Waals surface area contributed by atoms with Gasteiger partial charge >= 0.3 is 0 Å². The Morgan fingerprint density at radius 2 is 1.46 bits per heavy atom. The van der Waals surface area contributed by atoms with Crippen LogP contribution >= 0.6 is 0 Å². The second-order valence-corrected chi connectivity index (χ2v) is 8.00. The average molecular weight is 343 g/mol. The van der Waals surface area contributed by atoms with Gasteiger partial charge in [-0.2, -0.15) is 0 Å². The standard InChI is InChI=1S/C22H17NO3/c24-20(15-7-3-5-11-4-1-2-6-12(11)15)23-21(25)18-13-8-9-14(17-10-16(13)17)19(18)22(23)26/h1-9,13-14,16-19H,10H2/t13-,14-,16-,17-,18-,19+/m0/s1. The molecule has 6 atom stereocenters. The van der Waals surface area contributed by atoms with Crippen LogP contribution in [0.1, 0.15) is 16.8 Å². The van der Waals surface area contributed by atoms with Gasteiger partial charge < -0.3 is 0 Å². The zero-order valence-electron chi connectivity index (χ0n) is 14.0. The minimum absolute atomic E-state index is 0.136. The van der Waals surface area contributed by atoms with Crippen molar-refractivity contribution in [3.05, 3.63) is 60.2 Å². The van der Waals surface area contributed by atoms with Crippen molar-refractivity contribution >= 4 is 28.5 Å². The van der Waals surface area contributed by atoms with Crippen molar-refractivity contribution in [3.63, 3.8) is 0 Å². The van der Waals surface area contributed by atoms with E-state index in [1.807, 2.05) is 30.3 Å². The Morgan fingerprint density at radius 3 is 2.15 bits per heavy atom. The molecule has 3 fully saturated rings. The van der Waals surface area contributed by atoms with Crippen molar-refractivity contribution in [3.8, 4) is 0 Å². The smallest absolute Gasteiger partial charge is 0.267 e. The molecule has 3 amide bonds. The first-order chi connectivity index (χ1) is 12.7. The van der Waals surface area contributed by atoms with Gasteiger partial charge in [-0.1, -0.05) is 48.6 Å². The molecule has 0 aromatic heterocycles. The molecule has 0 spiro atoms. The Labute approximate surface area is 150 Å². The lowest BCUT2D eigenvalue weighted by atomic mass is 9.63. The van der Waals surface area contributed by atoms with Gasteiger partial charge in [0, 0.05) is 5.56 Å². The van der Waals surface area contributed by atoms with E-state index in [1.54, 1.807) is 12.1 Å². The van der Waals surface area contributed by atoms with Crippen molar-refractivity contribution < 1.29 is 14.4 Å². The van der Waals surface area contributed by atoms with Crippen molar-refractivity contribution in [2.24, 2.45) is 35.5 Å². The third-order valence-corrected chi connectivity index (χ3v) is 6.89. The summed E-state index contributed by atoms with van der Waals surface area (Å²) in [6.45, 7) is 0. The molecule has 1 heterocycles. The Kier molecular flexibility index (Phi) is 2.61. The van der Waals surface area contributed by atoms with Crippen LogP contribution < -0.4 is 0 Å². The summed E-state index contributed by atoms with van der Waals surface area (Å²) in [6.07, 6.45) is 5.36. The second kappa shape index (κ2) is 4.70. The number of benzene rings is 2. The van der Waals surface area contributed by atoms with Crippen LogP contribution in [-0.2, 0) is 9.59 Å².